The summed E-state index contributed by atoms with van der Waals surface area (Å²) in [6.45, 7) is 0.295. The molecule has 1 N–H and O–H groups in total. The lowest BCUT2D eigenvalue weighted by Crippen LogP contribution is -2.49. The molecule has 164 valence electrons. The smallest absolute Gasteiger partial charge is 0.270 e. The minimum absolute atomic E-state index is 0.0465. The van der Waals surface area contributed by atoms with Crippen molar-refractivity contribution in [3.05, 3.63) is 69.5 Å². The van der Waals surface area contributed by atoms with Crippen LogP contribution in [0, 0.1) is 10.1 Å². The third kappa shape index (κ3) is 4.04. The van der Waals surface area contributed by atoms with Crippen LogP contribution in [0.2, 0.25) is 0 Å². The fourth-order valence-corrected chi connectivity index (χ4v) is 3.81. The number of nitrogens with one attached hydrogen (secondary N) is 1. The Morgan fingerprint density at radius 2 is 1.84 bits per heavy atom. The van der Waals surface area contributed by atoms with Crippen LogP contribution in [0.1, 0.15) is 43.9 Å². The molecule has 1 fully saturated rings. The zero-order valence-corrected chi connectivity index (χ0v) is 16.9. The predicted molar refractivity (Wildman–Crippen MR) is 110 cm³/mol. The summed E-state index contributed by atoms with van der Waals surface area (Å²) in [5, 5.41) is 13.9. The van der Waals surface area contributed by atoms with E-state index in [0.29, 0.717) is 31.5 Å². The molecule has 11 nitrogen and oxygen atoms in total. The molecule has 2 aromatic rings. The van der Waals surface area contributed by atoms with Gasteiger partial charge in [0.25, 0.3) is 23.4 Å². The Balaban J connectivity index is 1.33. The van der Waals surface area contributed by atoms with Crippen LogP contribution in [0.3, 0.4) is 0 Å². The lowest BCUT2D eigenvalue weighted by molar-refractivity contribution is -0.384. The molecule has 32 heavy (non-hydrogen) atoms. The molecule has 0 spiro atoms. The van der Waals surface area contributed by atoms with E-state index in [1.54, 1.807) is 23.2 Å². The van der Waals surface area contributed by atoms with E-state index in [2.05, 4.69) is 10.3 Å². The van der Waals surface area contributed by atoms with Crippen molar-refractivity contribution in [1.29, 1.82) is 0 Å². The highest BCUT2D eigenvalue weighted by atomic mass is 16.6. The number of benzene rings is 1. The van der Waals surface area contributed by atoms with Crippen LogP contribution in [0.4, 0.5) is 5.69 Å². The van der Waals surface area contributed by atoms with E-state index in [1.807, 2.05) is 0 Å². The first-order chi connectivity index (χ1) is 15.3. The number of pyridine rings is 1. The van der Waals surface area contributed by atoms with Crippen LogP contribution < -0.4 is 5.32 Å². The maximum atomic E-state index is 12.7. The number of imide groups is 1. The molecule has 1 saturated heterocycles. The van der Waals surface area contributed by atoms with Crippen molar-refractivity contribution in [1.82, 2.24) is 20.1 Å². The highest BCUT2D eigenvalue weighted by molar-refractivity contribution is 6.22. The summed E-state index contributed by atoms with van der Waals surface area (Å²) in [6.07, 6.45) is 4.12. The van der Waals surface area contributed by atoms with E-state index in [-0.39, 0.29) is 28.8 Å². The van der Waals surface area contributed by atoms with Gasteiger partial charge in [-0.15, -0.1) is 0 Å². The normalized spacial score (nSPS) is 16.1. The second-order valence-electron chi connectivity index (χ2n) is 7.55. The lowest BCUT2D eigenvalue weighted by atomic mass is 10.0. The molecule has 4 amide bonds. The van der Waals surface area contributed by atoms with Crippen molar-refractivity contribution in [3.8, 4) is 0 Å². The Hall–Kier alpha value is -4.15. The number of fused-ring (bicyclic) bond motifs is 1. The standard InChI is InChI=1S/C21H19N5O6/c27-18(12-25-20(29)16-4-3-15(26(31)32)10-17(16)21(25)30)24-8-5-14(6-9-24)23-19(28)13-2-1-7-22-11-13/h1-4,7,10-11,14H,5-6,8-9,12H2,(H,23,28). The summed E-state index contributed by atoms with van der Waals surface area (Å²) in [7, 11) is 0. The van der Waals surface area contributed by atoms with E-state index < -0.39 is 29.2 Å². The van der Waals surface area contributed by atoms with Crippen molar-refractivity contribution in [2.24, 2.45) is 0 Å². The van der Waals surface area contributed by atoms with Crippen molar-refractivity contribution < 1.29 is 24.1 Å². The monoisotopic (exact) mass is 437 g/mol. The topological polar surface area (TPSA) is 143 Å². The van der Waals surface area contributed by atoms with Gasteiger partial charge in [0.05, 0.1) is 21.6 Å². The maximum Gasteiger partial charge on any atom is 0.270 e. The van der Waals surface area contributed by atoms with Crippen molar-refractivity contribution >= 4 is 29.3 Å². The molecule has 0 radical (unpaired) electrons. The molecule has 11 heteroatoms. The minimum atomic E-state index is -0.722. The van der Waals surface area contributed by atoms with Gasteiger partial charge in [-0.3, -0.25) is 39.2 Å². The number of non-ortho nitro benzene ring substituents is 1. The largest absolute Gasteiger partial charge is 0.349 e. The highest BCUT2D eigenvalue weighted by Gasteiger charge is 2.39. The minimum Gasteiger partial charge on any atom is -0.349 e. The summed E-state index contributed by atoms with van der Waals surface area (Å²) in [4.78, 5) is 66.6. The van der Waals surface area contributed by atoms with Gasteiger partial charge in [0.2, 0.25) is 5.91 Å². The quantitative estimate of drug-likeness (QED) is 0.418. The maximum absolute atomic E-state index is 12.7. The fraction of sp³-hybridized carbons (Fsp3) is 0.286. The third-order valence-corrected chi connectivity index (χ3v) is 5.57. The summed E-state index contributed by atoms with van der Waals surface area (Å²) in [5.41, 5.74) is 0.129. The SMILES string of the molecule is O=C(NC1CCN(C(=O)CN2C(=O)c3ccc([N+](=O)[O-])cc3C2=O)CC1)c1cccnc1. The molecule has 1 aromatic carbocycles. The summed E-state index contributed by atoms with van der Waals surface area (Å²) < 4.78 is 0. The number of amides is 4. The van der Waals surface area contributed by atoms with Crippen molar-refractivity contribution in [2.45, 2.75) is 18.9 Å². The molecule has 3 heterocycles. The summed E-state index contributed by atoms with van der Waals surface area (Å²) in [6, 6.07) is 6.67. The Morgan fingerprint density at radius 3 is 2.50 bits per heavy atom. The molecule has 2 aliphatic heterocycles. The molecule has 0 bridgehead atoms. The highest BCUT2D eigenvalue weighted by Crippen LogP contribution is 2.27. The second kappa shape index (κ2) is 8.53. The number of carbonyl (C=O) groups excluding carboxylic acids is 4. The number of nitro benzene ring substituents is 1. The van der Waals surface area contributed by atoms with E-state index in [0.717, 1.165) is 17.0 Å². The van der Waals surface area contributed by atoms with Crippen molar-refractivity contribution in [3.63, 3.8) is 0 Å². The number of rotatable bonds is 5. The van der Waals surface area contributed by atoms with E-state index >= 15 is 0 Å². The van der Waals surface area contributed by atoms with Crippen LogP contribution in [0.15, 0.2) is 42.7 Å². The second-order valence-corrected chi connectivity index (χ2v) is 7.55. The van der Waals surface area contributed by atoms with E-state index in [4.69, 9.17) is 0 Å². The van der Waals surface area contributed by atoms with E-state index in [1.165, 1.54) is 12.3 Å². The van der Waals surface area contributed by atoms with Crippen LogP contribution in [0.5, 0.6) is 0 Å². The number of carbonyl (C=O) groups is 4. The van der Waals surface area contributed by atoms with Gasteiger partial charge in [-0.1, -0.05) is 0 Å². The molecule has 0 unspecified atom stereocenters. The molecule has 2 aliphatic rings. The number of hydrogen-bond donors (Lipinski definition) is 1. The molecular weight excluding hydrogens is 418 g/mol. The Kier molecular flexibility index (Phi) is 5.63. The lowest BCUT2D eigenvalue weighted by Gasteiger charge is -2.33. The van der Waals surface area contributed by atoms with Crippen LogP contribution in [-0.2, 0) is 4.79 Å². The third-order valence-electron chi connectivity index (χ3n) is 5.57. The molecule has 0 saturated carbocycles. The van der Waals surface area contributed by atoms with Gasteiger partial charge in [-0.2, -0.15) is 0 Å². The Bertz CT molecular complexity index is 1110. The number of hydrogen-bond acceptors (Lipinski definition) is 7. The molecule has 0 aliphatic carbocycles. The first kappa shape index (κ1) is 21.1. The summed E-state index contributed by atoms with van der Waals surface area (Å²) in [5.74, 6) is -2.00. The fourth-order valence-electron chi connectivity index (χ4n) is 3.81. The molecule has 0 atom stereocenters. The zero-order chi connectivity index (χ0) is 22.8. The molecular formula is C21H19N5O6. The Morgan fingerprint density at radius 1 is 1.12 bits per heavy atom. The first-order valence-corrected chi connectivity index (χ1v) is 9.98. The zero-order valence-electron chi connectivity index (χ0n) is 16.9. The molecule has 1 aromatic heterocycles. The van der Waals surface area contributed by atoms with Crippen LogP contribution >= 0.6 is 0 Å². The van der Waals surface area contributed by atoms with Gasteiger partial charge < -0.3 is 10.2 Å². The van der Waals surface area contributed by atoms with Crippen molar-refractivity contribution in [2.75, 3.05) is 19.6 Å². The number of nitrogens with zero attached hydrogens (tertiary/aromatic N) is 4. The van der Waals surface area contributed by atoms with Gasteiger partial charge in [-0.05, 0) is 31.0 Å². The van der Waals surface area contributed by atoms with Gasteiger partial charge in [0.1, 0.15) is 6.54 Å². The first-order valence-electron chi connectivity index (χ1n) is 9.98. The number of aromatic nitrogens is 1. The van der Waals surface area contributed by atoms with Gasteiger partial charge in [0.15, 0.2) is 0 Å². The number of piperidine rings is 1. The van der Waals surface area contributed by atoms with Crippen LogP contribution in [-0.4, -0.2) is 69.0 Å². The predicted octanol–water partition coefficient (Wildman–Crippen LogP) is 1.01. The average Bonchev–Trinajstić information content (AvgIpc) is 3.04. The number of likely N-dealkylation sites (tertiary alicyclic amines) is 1. The number of nitro groups is 1. The Labute approximate surface area is 182 Å². The van der Waals surface area contributed by atoms with Gasteiger partial charge in [-0.25, -0.2) is 0 Å². The molecule has 4 rings (SSSR count). The van der Waals surface area contributed by atoms with Gasteiger partial charge in [0, 0.05) is 43.7 Å². The van der Waals surface area contributed by atoms with Gasteiger partial charge >= 0.3 is 0 Å². The summed E-state index contributed by atoms with van der Waals surface area (Å²) >= 11 is 0. The van der Waals surface area contributed by atoms with Crippen LogP contribution in [0.25, 0.3) is 0 Å². The van der Waals surface area contributed by atoms with E-state index in [9.17, 15) is 29.3 Å². The average molecular weight is 437 g/mol.